The number of fused-ring (bicyclic) bond motifs is 1. The van der Waals surface area contributed by atoms with Crippen LogP contribution in [0.25, 0.3) is 0 Å². The minimum atomic E-state index is 0.0965. The number of nitrogen functional groups attached to an aromatic ring is 1. The van der Waals surface area contributed by atoms with Crippen molar-refractivity contribution in [2.75, 3.05) is 39.5 Å². The Bertz CT molecular complexity index is 416. The highest BCUT2D eigenvalue weighted by molar-refractivity contribution is 7.17. The van der Waals surface area contributed by atoms with Crippen molar-refractivity contribution < 1.29 is 4.79 Å². The summed E-state index contributed by atoms with van der Waals surface area (Å²) in [4.78, 5) is 21.1. The summed E-state index contributed by atoms with van der Waals surface area (Å²) in [6, 6.07) is 0. The van der Waals surface area contributed by atoms with Crippen molar-refractivity contribution in [3.63, 3.8) is 0 Å². The fourth-order valence-corrected chi connectivity index (χ4v) is 2.83. The van der Waals surface area contributed by atoms with Crippen LogP contribution < -0.4 is 5.73 Å². The van der Waals surface area contributed by atoms with E-state index in [4.69, 9.17) is 5.73 Å². The molecule has 1 aliphatic heterocycles. The van der Waals surface area contributed by atoms with Gasteiger partial charge in [0.05, 0.1) is 5.69 Å². The van der Waals surface area contributed by atoms with Gasteiger partial charge in [-0.2, -0.15) is 0 Å². The first-order valence-corrected chi connectivity index (χ1v) is 6.59. The maximum absolute atomic E-state index is 12.1. The van der Waals surface area contributed by atoms with E-state index in [1.807, 2.05) is 19.0 Å². The molecule has 0 fully saturated rings. The third-order valence-electron chi connectivity index (χ3n) is 2.85. The number of nitrogens with zero attached hydrogens (tertiary/aromatic N) is 3. The monoisotopic (exact) mass is 254 g/mol. The fourth-order valence-electron chi connectivity index (χ4n) is 1.98. The average Bonchev–Trinajstić information content (AvgIpc) is 2.63. The van der Waals surface area contributed by atoms with E-state index in [9.17, 15) is 4.79 Å². The maximum atomic E-state index is 12.1. The van der Waals surface area contributed by atoms with Crippen LogP contribution >= 0.6 is 11.3 Å². The van der Waals surface area contributed by atoms with Gasteiger partial charge in [0.15, 0.2) is 5.13 Å². The van der Waals surface area contributed by atoms with Crippen molar-refractivity contribution in [3.8, 4) is 0 Å². The van der Waals surface area contributed by atoms with Gasteiger partial charge in [-0.05, 0) is 27.1 Å². The molecule has 0 bridgehead atoms. The second kappa shape index (κ2) is 5.01. The third kappa shape index (κ3) is 2.76. The Balaban J connectivity index is 1.97. The molecule has 2 N–H and O–H groups in total. The summed E-state index contributed by atoms with van der Waals surface area (Å²) in [7, 11) is 4.08. The molecule has 0 saturated carbocycles. The van der Waals surface area contributed by atoms with Crippen molar-refractivity contribution in [1.82, 2.24) is 14.8 Å². The van der Waals surface area contributed by atoms with Crippen molar-refractivity contribution in [2.24, 2.45) is 0 Å². The zero-order chi connectivity index (χ0) is 12.4. The molecule has 1 aliphatic rings. The van der Waals surface area contributed by atoms with Crippen molar-refractivity contribution >= 4 is 22.4 Å². The molecule has 1 amide bonds. The molecule has 0 unspecified atom stereocenters. The lowest BCUT2D eigenvalue weighted by atomic mass is 10.1. The summed E-state index contributed by atoms with van der Waals surface area (Å²) in [5, 5.41) is 0.499. The number of anilines is 1. The van der Waals surface area contributed by atoms with Crippen molar-refractivity contribution in [3.05, 3.63) is 10.6 Å². The predicted molar refractivity (Wildman–Crippen MR) is 69.3 cm³/mol. The normalized spacial score (nSPS) is 15.5. The molecule has 2 rings (SSSR count). The number of carbonyl (C=O) groups is 1. The van der Waals surface area contributed by atoms with E-state index >= 15 is 0 Å². The van der Waals surface area contributed by atoms with Gasteiger partial charge in [0.1, 0.15) is 4.88 Å². The van der Waals surface area contributed by atoms with E-state index in [2.05, 4.69) is 9.88 Å². The molecule has 0 aromatic carbocycles. The van der Waals surface area contributed by atoms with Crippen LogP contribution in [0.5, 0.6) is 0 Å². The van der Waals surface area contributed by atoms with Crippen LogP contribution in [0.2, 0.25) is 0 Å². The molecule has 0 saturated heterocycles. The van der Waals surface area contributed by atoms with Crippen LogP contribution in [0, 0.1) is 0 Å². The molecule has 0 atom stereocenters. The molecule has 0 spiro atoms. The topological polar surface area (TPSA) is 62.5 Å². The smallest absolute Gasteiger partial charge is 0.265 e. The Hall–Kier alpha value is -1.14. The Labute approximate surface area is 105 Å². The molecular formula is C11H18N4OS. The van der Waals surface area contributed by atoms with Gasteiger partial charge >= 0.3 is 0 Å². The highest BCUT2D eigenvalue weighted by Gasteiger charge is 2.27. The zero-order valence-electron chi connectivity index (χ0n) is 10.3. The summed E-state index contributed by atoms with van der Waals surface area (Å²) in [5.41, 5.74) is 6.51. The molecule has 1 aromatic heterocycles. The minimum Gasteiger partial charge on any atom is -0.375 e. The predicted octanol–water partition coefficient (Wildman–Crippen LogP) is 0.675. The molecule has 0 radical (unpaired) electrons. The first kappa shape index (κ1) is 12.3. The molecular weight excluding hydrogens is 236 g/mol. The van der Waals surface area contributed by atoms with E-state index in [0.29, 0.717) is 5.13 Å². The number of nitrogens with two attached hydrogens (primary N) is 1. The molecule has 17 heavy (non-hydrogen) atoms. The maximum Gasteiger partial charge on any atom is 0.265 e. The van der Waals surface area contributed by atoms with Gasteiger partial charge in [-0.25, -0.2) is 4.98 Å². The number of aromatic nitrogens is 1. The molecule has 5 nitrogen and oxygen atoms in total. The Morgan fingerprint density at radius 2 is 2.29 bits per heavy atom. The number of rotatable bonds is 4. The number of hydrogen-bond donors (Lipinski definition) is 1. The van der Waals surface area contributed by atoms with Crippen molar-refractivity contribution in [2.45, 2.75) is 12.8 Å². The number of thiazole rings is 1. The van der Waals surface area contributed by atoms with Gasteiger partial charge in [0.25, 0.3) is 5.91 Å². The largest absolute Gasteiger partial charge is 0.375 e. The van der Waals surface area contributed by atoms with Gasteiger partial charge in [0.2, 0.25) is 0 Å². The van der Waals surface area contributed by atoms with Gasteiger partial charge in [-0.3, -0.25) is 4.79 Å². The highest BCUT2D eigenvalue weighted by atomic mass is 32.1. The molecule has 94 valence electrons. The summed E-state index contributed by atoms with van der Waals surface area (Å²) in [6.45, 7) is 2.58. The minimum absolute atomic E-state index is 0.0965. The third-order valence-corrected chi connectivity index (χ3v) is 3.76. The SMILES string of the molecule is CN(C)CCCN1CCc2nc(N)sc2C1=O. The number of carbonyl (C=O) groups excluding carboxylic acids is 1. The highest BCUT2D eigenvalue weighted by Crippen LogP contribution is 2.26. The number of amides is 1. The lowest BCUT2D eigenvalue weighted by Crippen LogP contribution is -2.38. The first-order valence-electron chi connectivity index (χ1n) is 5.77. The van der Waals surface area contributed by atoms with Gasteiger partial charge in [0, 0.05) is 19.5 Å². The van der Waals surface area contributed by atoms with Crippen LogP contribution in [-0.4, -0.2) is 54.4 Å². The van der Waals surface area contributed by atoms with E-state index < -0.39 is 0 Å². The zero-order valence-corrected chi connectivity index (χ0v) is 11.1. The molecule has 6 heteroatoms. The van der Waals surface area contributed by atoms with Gasteiger partial charge in [-0.1, -0.05) is 11.3 Å². The Morgan fingerprint density at radius 1 is 1.53 bits per heavy atom. The summed E-state index contributed by atoms with van der Waals surface area (Å²) in [6.07, 6.45) is 1.83. The summed E-state index contributed by atoms with van der Waals surface area (Å²) >= 11 is 1.31. The van der Waals surface area contributed by atoms with Gasteiger partial charge < -0.3 is 15.5 Å². The number of hydrogen-bond acceptors (Lipinski definition) is 5. The van der Waals surface area contributed by atoms with Crippen LogP contribution in [0.1, 0.15) is 21.8 Å². The fraction of sp³-hybridized carbons (Fsp3) is 0.636. The summed E-state index contributed by atoms with van der Waals surface area (Å²) in [5.74, 6) is 0.0965. The second-order valence-corrected chi connectivity index (χ2v) is 5.56. The van der Waals surface area contributed by atoms with E-state index in [-0.39, 0.29) is 5.91 Å². The van der Waals surface area contributed by atoms with E-state index in [0.717, 1.165) is 43.0 Å². The average molecular weight is 254 g/mol. The van der Waals surface area contributed by atoms with Gasteiger partial charge in [-0.15, -0.1) is 0 Å². The Morgan fingerprint density at radius 3 is 3.00 bits per heavy atom. The Kier molecular flexibility index (Phi) is 3.63. The molecule has 2 heterocycles. The van der Waals surface area contributed by atoms with Crippen LogP contribution in [0.15, 0.2) is 0 Å². The van der Waals surface area contributed by atoms with Crippen LogP contribution in [-0.2, 0) is 6.42 Å². The molecule has 0 aliphatic carbocycles. The van der Waals surface area contributed by atoms with E-state index in [1.165, 1.54) is 11.3 Å². The first-order chi connectivity index (χ1) is 8.08. The van der Waals surface area contributed by atoms with E-state index in [1.54, 1.807) is 0 Å². The lowest BCUT2D eigenvalue weighted by Gasteiger charge is -2.26. The van der Waals surface area contributed by atoms with Crippen LogP contribution in [0.3, 0.4) is 0 Å². The molecule has 1 aromatic rings. The summed E-state index contributed by atoms with van der Waals surface area (Å²) < 4.78 is 0. The lowest BCUT2D eigenvalue weighted by molar-refractivity contribution is 0.0739. The van der Waals surface area contributed by atoms with Crippen molar-refractivity contribution in [1.29, 1.82) is 0 Å². The van der Waals surface area contributed by atoms with Crippen LogP contribution in [0.4, 0.5) is 5.13 Å². The quantitative estimate of drug-likeness (QED) is 0.858. The standard InChI is InChI=1S/C11H18N4OS/c1-14(2)5-3-6-15-7-4-8-9(10(15)16)17-11(12)13-8/h3-7H2,1-2H3,(H2,12,13). The second-order valence-electron chi connectivity index (χ2n) is 4.53.